The topological polar surface area (TPSA) is 46.2 Å². The Labute approximate surface area is 120 Å². The van der Waals surface area contributed by atoms with Crippen LogP contribution in [0.15, 0.2) is 14.1 Å². The van der Waals surface area contributed by atoms with E-state index in [1.54, 1.807) is 6.07 Å². The fourth-order valence-electron chi connectivity index (χ4n) is 1.33. The van der Waals surface area contributed by atoms with Crippen LogP contribution in [0.3, 0.4) is 0 Å². The predicted octanol–water partition coefficient (Wildman–Crippen LogP) is 3.50. The molecule has 1 rings (SSSR count). The molecule has 0 saturated carbocycles. The van der Waals surface area contributed by atoms with Crippen molar-refractivity contribution in [3.63, 3.8) is 0 Å². The Hall–Kier alpha value is 0.380. The predicted molar refractivity (Wildman–Crippen MR) is 76.5 cm³/mol. The molecule has 3 nitrogen and oxygen atoms in total. The van der Waals surface area contributed by atoms with Crippen LogP contribution < -0.4 is 4.72 Å². The molecule has 0 spiro atoms. The third-order valence-electron chi connectivity index (χ3n) is 2.23. The zero-order chi connectivity index (χ0) is 13.1. The van der Waals surface area contributed by atoms with Gasteiger partial charge in [0.2, 0.25) is 10.0 Å². The first kappa shape index (κ1) is 15.4. The highest BCUT2D eigenvalue weighted by Crippen LogP contribution is 2.30. The maximum atomic E-state index is 12.0. The maximum absolute atomic E-state index is 12.0. The molecule has 1 aromatic rings. The fourth-order valence-corrected chi connectivity index (χ4v) is 5.00. The SMILES string of the molecule is Cc1cc(S(=O)(=O)NC(C)CCCCl)sc1Br. The third kappa shape index (κ3) is 4.52. The van der Waals surface area contributed by atoms with Gasteiger partial charge >= 0.3 is 0 Å². The van der Waals surface area contributed by atoms with Crippen molar-refractivity contribution in [3.8, 4) is 0 Å². The van der Waals surface area contributed by atoms with E-state index >= 15 is 0 Å². The van der Waals surface area contributed by atoms with E-state index in [4.69, 9.17) is 11.6 Å². The van der Waals surface area contributed by atoms with Gasteiger partial charge in [0.1, 0.15) is 4.21 Å². The second kappa shape index (κ2) is 6.52. The average molecular weight is 361 g/mol. The van der Waals surface area contributed by atoms with Gasteiger partial charge in [-0.3, -0.25) is 0 Å². The number of nitrogens with one attached hydrogen (secondary N) is 1. The molecule has 0 saturated heterocycles. The highest BCUT2D eigenvalue weighted by molar-refractivity contribution is 9.11. The maximum Gasteiger partial charge on any atom is 0.250 e. The molecule has 1 unspecified atom stereocenters. The molecule has 0 bridgehead atoms. The Morgan fingerprint density at radius 1 is 1.59 bits per heavy atom. The molecule has 98 valence electrons. The zero-order valence-electron chi connectivity index (χ0n) is 9.66. The van der Waals surface area contributed by atoms with E-state index in [9.17, 15) is 8.42 Å². The molecule has 0 aliphatic heterocycles. The molecule has 0 radical (unpaired) electrons. The Morgan fingerprint density at radius 3 is 2.71 bits per heavy atom. The summed E-state index contributed by atoms with van der Waals surface area (Å²) in [7, 11) is -3.40. The summed E-state index contributed by atoms with van der Waals surface area (Å²) in [6, 6.07) is 1.57. The summed E-state index contributed by atoms with van der Waals surface area (Å²) < 4.78 is 27.9. The van der Waals surface area contributed by atoms with Crippen molar-refractivity contribution in [3.05, 3.63) is 15.4 Å². The standard InChI is InChI=1S/C10H15BrClNO2S2/c1-7-6-9(16-10(7)11)17(14,15)13-8(2)4-3-5-12/h6,8,13H,3-5H2,1-2H3. The molecule has 0 aliphatic rings. The van der Waals surface area contributed by atoms with E-state index in [2.05, 4.69) is 20.7 Å². The lowest BCUT2D eigenvalue weighted by molar-refractivity contribution is 0.546. The van der Waals surface area contributed by atoms with Crippen molar-refractivity contribution in [2.75, 3.05) is 5.88 Å². The van der Waals surface area contributed by atoms with E-state index in [0.29, 0.717) is 10.1 Å². The summed E-state index contributed by atoms with van der Waals surface area (Å²) in [4.78, 5) is 0. The number of halogens is 2. The first-order chi connectivity index (χ1) is 7.86. The second-order valence-electron chi connectivity index (χ2n) is 3.88. The fraction of sp³-hybridized carbons (Fsp3) is 0.600. The molecule has 1 aromatic heterocycles. The molecule has 1 heterocycles. The summed E-state index contributed by atoms with van der Waals surface area (Å²) in [5.74, 6) is 0.551. The monoisotopic (exact) mass is 359 g/mol. The minimum absolute atomic E-state index is 0.0973. The van der Waals surface area contributed by atoms with Crippen molar-refractivity contribution in [1.29, 1.82) is 0 Å². The van der Waals surface area contributed by atoms with Gasteiger partial charge in [-0.05, 0) is 54.2 Å². The molecule has 1 N–H and O–H groups in total. The number of hydrogen-bond acceptors (Lipinski definition) is 3. The van der Waals surface area contributed by atoms with Crippen molar-refractivity contribution in [2.45, 2.75) is 36.9 Å². The second-order valence-corrected chi connectivity index (χ2v) is 8.56. The summed E-state index contributed by atoms with van der Waals surface area (Å²) >= 11 is 10.1. The van der Waals surface area contributed by atoms with Gasteiger partial charge in [0.05, 0.1) is 3.79 Å². The van der Waals surface area contributed by atoms with Crippen LogP contribution in [-0.2, 0) is 10.0 Å². The number of sulfonamides is 1. The first-order valence-corrected chi connectivity index (χ1v) is 8.83. The van der Waals surface area contributed by atoms with Gasteiger partial charge in [-0.25, -0.2) is 13.1 Å². The number of thiophene rings is 1. The van der Waals surface area contributed by atoms with E-state index in [1.807, 2.05) is 13.8 Å². The molecule has 0 amide bonds. The van der Waals surface area contributed by atoms with Crippen molar-refractivity contribution in [1.82, 2.24) is 4.72 Å². The highest BCUT2D eigenvalue weighted by atomic mass is 79.9. The lowest BCUT2D eigenvalue weighted by Crippen LogP contribution is -2.32. The lowest BCUT2D eigenvalue weighted by Gasteiger charge is -2.12. The van der Waals surface area contributed by atoms with Crippen LogP contribution in [0.1, 0.15) is 25.3 Å². The molecular weight excluding hydrogens is 346 g/mol. The van der Waals surface area contributed by atoms with Crippen LogP contribution in [0, 0.1) is 6.92 Å². The van der Waals surface area contributed by atoms with Gasteiger partial charge in [0, 0.05) is 11.9 Å². The van der Waals surface area contributed by atoms with Crippen LogP contribution in [0.4, 0.5) is 0 Å². The summed E-state index contributed by atoms with van der Waals surface area (Å²) in [6.45, 7) is 3.72. The van der Waals surface area contributed by atoms with Crippen LogP contribution in [0.25, 0.3) is 0 Å². The van der Waals surface area contributed by atoms with Gasteiger partial charge < -0.3 is 0 Å². The highest BCUT2D eigenvalue weighted by Gasteiger charge is 2.20. The molecule has 0 aliphatic carbocycles. The van der Waals surface area contributed by atoms with E-state index in [0.717, 1.165) is 22.2 Å². The van der Waals surface area contributed by atoms with E-state index < -0.39 is 10.0 Å². The molecule has 17 heavy (non-hydrogen) atoms. The number of hydrogen-bond donors (Lipinski definition) is 1. The Kier molecular flexibility index (Phi) is 5.92. The van der Waals surface area contributed by atoms with Gasteiger partial charge in [-0.2, -0.15) is 0 Å². The largest absolute Gasteiger partial charge is 0.250 e. The molecule has 0 aromatic carbocycles. The van der Waals surface area contributed by atoms with E-state index in [1.165, 1.54) is 11.3 Å². The van der Waals surface area contributed by atoms with Crippen LogP contribution >= 0.6 is 38.9 Å². The van der Waals surface area contributed by atoms with Gasteiger partial charge in [-0.15, -0.1) is 22.9 Å². The normalized spacial score (nSPS) is 13.9. The molecule has 1 atom stereocenters. The molecular formula is C10H15BrClNO2S2. The smallest absolute Gasteiger partial charge is 0.208 e. The average Bonchev–Trinajstić information content (AvgIpc) is 2.56. The Bertz CT molecular complexity index is 453. The van der Waals surface area contributed by atoms with Crippen molar-refractivity contribution < 1.29 is 8.42 Å². The number of aryl methyl sites for hydroxylation is 1. The summed E-state index contributed by atoms with van der Waals surface area (Å²) in [6.07, 6.45) is 1.55. The minimum atomic E-state index is -3.40. The van der Waals surface area contributed by atoms with Gasteiger partial charge in [-0.1, -0.05) is 0 Å². The van der Waals surface area contributed by atoms with Gasteiger partial charge in [0.15, 0.2) is 0 Å². The molecule has 0 fully saturated rings. The third-order valence-corrected chi connectivity index (χ3v) is 6.69. The van der Waals surface area contributed by atoms with Crippen molar-refractivity contribution in [2.24, 2.45) is 0 Å². The number of rotatable bonds is 6. The van der Waals surface area contributed by atoms with E-state index in [-0.39, 0.29) is 6.04 Å². The van der Waals surface area contributed by atoms with Gasteiger partial charge in [0.25, 0.3) is 0 Å². The zero-order valence-corrected chi connectivity index (χ0v) is 13.6. The Balaban J connectivity index is 2.75. The van der Waals surface area contributed by atoms with Crippen molar-refractivity contribution >= 4 is 48.9 Å². The van der Waals surface area contributed by atoms with Crippen LogP contribution in [0.2, 0.25) is 0 Å². The number of alkyl halides is 1. The molecule has 7 heteroatoms. The van der Waals surface area contributed by atoms with Crippen LogP contribution in [-0.4, -0.2) is 20.3 Å². The first-order valence-electron chi connectivity index (χ1n) is 5.21. The summed E-state index contributed by atoms with van der Waals surface area (Å²) in [5.41, 5.74) is 0.934. The quantitative estimate of drug-likeness (QED) is 0.789. The lowest BCUT2D eigenvalue weighted by atomic mass is 10.2. The minimum Gasteiger partial charge on any atom is -0.208 e. The summed E-state index contributed by atoms with van der Waals surface area (Å²) in [5, 5.41) is 0. The Morgan fingerprint density at radius 2 is 2.24 bits per heavy atom. The van der Waals surface area contributed by atoms with Crippen LogP contribution in [0.5, 0.6) is 0 Å².